The second-order valence-electron chi connectivity index (χ2n) is 4.59. The van der Waals surface area contributed by atoms with E-state index in [4.69, 9.17) is 14.2 Å². The fourth-order valence-electron chi connectivity index (χ4n) is 1.83. The Hall–Kier alpha value is -0.910. The molecule has 0 aliphatic carbocycles. The van der Waals surface area contributed by atoms with Crippen molar-refractivity contribution in [3.05, 3.63) is 12.2 Å². The van der Waals surface area contributed by atoms with Crippen LogP contribution < -0.4 is 0 Å². The maximum absolute atomic E-state index is 11.1. The summed E-state index contributed by atoms with van der Waals surface area (Å²) in [6.07, 6.45) is 4.01. The molecule has 5 heteroatoms. The van der Waals surface area contributed by atoms with Gasteiger partial charge in [-0.05, 0) is 27.2 Å². The predicted molar refractivity (Wildman–Crippen MR) is 65.9 cm³/mol. The van der Waals surface area contributed by atoms with E-state index in [9.17, 15) is 9.90 Å². The van der Waals surface area contributed by atoms with Crippen molar-refractivity contribution in [1.82, 2.24) is 0 Å². The van der Waals surface area contributed by atoms with Crippen molar-refractivity contribution in [3.8, 4) is 0 Å². The summed E-state index contributed by atoms with van der Waals surface area (Å²) in [4.78, 5) is 11.1. The van der Waals surface area contributed by atoms with Gasteiger partial charge >= 0.3 is 5.97 Å². The van der Waals surface area contributed by atoms with Crippen molar-refractivity contribution in [2.24, 2.45) is 0 Å². The van der Waals surface area contributed by atoms with Crippen molar-refractivity contribution in [2.45, 2.75) is 51.6 Å². The van der Waals surface area contributed by atoms with E-state index in [1.807, 2.05) is 26.0 Å². The first-order valence-corrected chi connectivity index (χ1v) is 6.27. The van der Waals surface area contributed by atoms with Crippen LogP contribution in [0.2, 0.25) is 0 Å². The third-order valence-electron chi connectivity index (χ3n) is 2.55. The first-order chi connectivity index (χ1) is 8.48. The number of allylic oxidation sites excluding steroid dienone is 1. The highest BCUT2D eigenvalue weighted by Gasteiger charge is 2.39. The van der Waals surface area contributed by atoms with Gasteiger partial charge in [0.1, 0.15) is 12.2 Å². The summed E-state index contributed by atoms with van der Waals surface area (Å²) in [5.74, 6) is -0.881. The van der Waals surface area contributed by atoms with E-state index in [0.717, 1.165) is 0 Å². The molecule has 18 heavy (non-hydrogen) atoms. The maximum Gasteiger partial charge on any atom is 0.306 e. The summed E-state index contributed by atoms with van der Waals surface area (Å²) in [5, 5.41) is 9.17. The number of hydrogen-bond donors (Lipinski definition) is 1. The highest BCUT2D eigenvalue weighted by atomic mass is 16.8. The van der Waals surface area contributed by atoms with Crippen LogP contribution in [0, 0.1) is 0 Å². The average molecular weight is 258 g/mol. The Morgan fingerprint density at radius 1 is 1.44 bits per heavy atom. The number of ether oxygens (including phenoxy) is 3. The molecule has 0 aromatic rings. The number of aliphatic hydroxyl groups is 1. The number of esters is 1. The standard InChI is InChI=1S/C13H22O5/c1-4-16-12(15)8-6-5-7-10-11(9-14)18-13(2,3)17-10/h5,7,10-11,14H,4,6,8-9H2,1-3H3. The Labute approximate surface area is 108 Å². The molecule has 1 N–H and O–H groups in total. The molecule has 1 fully saturated rings. The lowest BCUT2D eigenvalue weighted by atomic mass is 10.2. The van der Waals surface area contributed by atoms with Gasteiger partial charge in [0.05, 0.1) is 13.2 Å². The molecule has 0 amide bonds. The van der Waals surface area contributed by atoms with Crippen molar-refractivity contribution in [2.75, 3.05) is 13.2 Å². The summed E-state index contributed by atoms with van der Waals surface area (Å²) in [5.41, 5.74) is 0. The Kier molecular flexibility index (Phi) is 5.78. The van der Waals surface area contributed by atoms with Crippen molar-refractivity contribution in [3.63, 3.8) is 0 Å². The van der Waals surface area contributed by atoms with Crippen LogP contribution >= 0.6 is 0 Å². The number of aliphatic hydroxyl groups excluding tert-OH is 1. The highest BCUT2D eigenvalue weighted by Crippen LogP contribution is 2.28. The van der Waals surface area contributed by atoms with Gasteiger partial charge < -0.3 is 19.3 Å². The number of hydrogen-bond acceptors (Lipinski definition) is 5. The van der Waals surface area contributed by atoms with Crippen molar-refractivity contribution < 1.29 is 24.1 Å². The van der Waals surface area contributed by atoms with Gasteiger partial charge in [0.2, 0.25) is 0 Å². The van der Waals surface area contributed by atoms with Crippen LogP contribution in [0.3, 0.4) is 0 Å². The van der Waals surface area contributed by atoms with E-state index in [2.05, 4.69) is 0 Å². The molecule has 0 saturated carbocycles. The number of rotatable bonds is 6. The molecule has 2 atom stereocenters. The van der Waals surface area contributed by atoms with E-state index in [1.54, 1.807) is 6.92 Å². The van der Waals surface area contributed by atoms with Crippen LogP contribution in [0.5, 0.6) is 0 Å². The zero-order valence-corrected chi connectivity index (χ0v) is 11.2. The Balaban J connectivity index is 2.35. The molecule has 104 valence electrons. The molecule has 0 radical (unpaired) electrons. The summed E-state index contributed by atoms with van der Waals surface area (Å²) < 4.78 is 16.0. The first kappa shape index (κ1) is 15.1. The van der Waals surface area contributed by atoms with E-state index in [1.165, 1.54) is 0 Å². The Morgan fingerprint density at radius 2 is 2.17 bits per heavy atom. The first-order valence-electron chi connectivity index (χ1n) is 6.27. The quantitative estimate of drug-likeness (QED) is 0.576. The third kappa shape index (κ3) is 4.76. The van der Waals surface area contributed by atoms with Gasteiger partial charge in [-0.1, -0.05) is 12.2 Å². The largest absolute Gasteiger partial charge is 0.466 e. The van der Waals surface area contributed by atoms with Crippen molar-refractivity contribution >= 4 is 5.97 Å². The average Bonchev–Trinajstić information content (AvgIpc) is 2.60. The van der Waals surface area contributed by atoms with Gasteiger partial charge in [0.15, 0.2) is 5.79 Å². The summed E-state index contributed by atoms with van der Waals surface area (Å²) in [7, 11) is 0. The van der Waals surface area contributed by atoms with E-state index < -0.39 is 5.79 Å². The van der Waals surface area contributed by atoms with Gasteiger partial charge in [-0.15, -0.1) is 0 Å². The minimum absolute atomic E-state index is 0.0870. The molecule has 1 heterocycles. The van der Waals surface area contributed by atoms with Gasteiger partial charge in [0, 0.05) is 6.42 Å². The molecule has 0 aromatic carbocycles. The zero-order valence-electron chi connectivity index (χ0n) is 11.2. The van der Waals surface area contributed by atoms with E-state index >= 15 is 0 Å². The summed E-state index contributed by atoms with van der Waals surface area (Å²) in [6, 6.07) is 0. The third-order valence-corrected chi connectivity index (χ3v) is 2.55. The van der Waals surface area contributed by atoms with Gasteiger partial charge in [-0.2, -0.15) is 0 Å². The van der Waals surface area contributed by atoms with Crippen LogP contribution in [-0.4, -0.2) is 42.3 Å². The van der Waals surface area contributed by atoms with Crippen molar-refractivity contribution in [1.29, 1.82) is 0 Å². The van der Waals surface area contributed by atoms with E-state index in [0.29, 0.717) is 19.4 Å². The SMILES string of the molecule is CCOC(=O)CCC=CC1OC(C)(C)OC1CO. The van der Waals surface area contributed by atoms with Crippen LogP contribution in [0.1, 0.15) is 33.6 Å². The van der Waals surface area contributed by atoms with Gasteiger partial charge in [-0.25, -0.2) is 0 Å². The lowest BCUT2D eigenvalue weighted by Gasteiger charge is -2.15. The minimum Gasteiger partial charge on any atom is -0.466 e. The lowest BCUT2D eigenvalue weighted by molar-refractivity contribution is -0.146. The topological polar surface area (TPSA) is 65.0 Å². The molecule has 5 nitrogen and oxygen atoms in total. The number of carbonyl (C=O) groups is 1. The van der Waals surface area contributed by atoms with Crippen LogP contribution in [0.4, 0.5) is 0 Å². The van der Waals surface area contributed by atoms with Gasteiger partial charge in [-0.3, -0.25) is 4.79 Å². The molecule has 1 rings (SSSR count). The fourth-order valence-corrected chi connectivity index (χ4v) is 1.83. The molecule has 0 aromatic heterocycles. The molecular weight excluding hydrogens is 236 g/mol. The second kappa shape index (κ2) is 6.87. The summed E-state index contributed by atoms with van der Waals surface area (Å²) >= 11 is 0. The molecule has 0 spiro atoms. The maximum atomic E-state index is 11.1. The van der Waals surface area contributed by atoms with Crippen LogP contribution in [0.25, 0.3) is 0 Å². The summed E-state index contributed by atoms with van der Waals surface area (Å²) in [6.45, 7) is 5.72. The Morgan fingerprint density at radius 3 is 2.78 bits per heavy atom. The van der Waals surface area contributed by atoms with E-state index in [-0.39, 0.29) is 24.8 Å². The highest BCUT2D eigenvalue weighted by molar-refractivity contribution is 5.69. The normalized spacial score (nSPS) is 26.7. The smallest absolute Gasteiger partial charge is 0.306 e. The second-order valence-corrected chi connectivity index (χ2v) is 4.59. The molecule has 1 aliphatic heterocycles. The molecule has 1 aliphatic rings. The number of carbonyl (C=O) groups excluding carboxylic acids is 1. The monoisotopic (exact) mass is 258 g/mol. The Bertz CT molecular complexity index is 298. The molecule has 1 saturated heterocycles. The molecular formula is C13H22O5. The van der Waals surface area contributed by atoms with Crippen LogP contribution in [0.15, 0.2) is 12.2 Å². The predicted octanol–water partition coefficient (Wildman–Crippen LogP) is 1.40. The molecule has 2 unspecified atom stereocenters. The van der Waals surface area contributed by atoms with Gasteiger partial charge in [0.25, 0.3) is 0 Å². The van der Waals surface area contributed by atoms with Crippen LogP contribution in [-0.2, 0) is 19.0 Å². The fraction of sp³-hybridized carbons (Fsp3) is 0.769. The minimum atomic E-state index is -0.677. The lowest BCUT2D eigenvalue weighted by Crippen LogP contribution is -2.24. The molecule has 0 bridgehead atoms. The zero-order chi connectivity index (χ0) is 13.6.